The van der Waals surface area contributed by atoms with Crippen LogP contribution in [0.2, 0.25) is 15.1 Å². The molecule has 11 heteroatoms. The number of benzene rings is 3. The quantitative estimate of drug-likeness (QED) is 0.275. The third kappa shape index (κ3) is 8.85. The number of halogens is 3. The van der Waals surface area contributed by atoms with Crippen LogP contribution in [0.15, 0.2) is 72.8 Å². The first-order valence-corrected chi connectivity index (χ1v) is 16.3. The minimum atomic E-state index is -3.94. The highest BCUT2D eigenvalue weighted by Gasteiger charge is 2.34. The summed E-state index contributed by atoms with van der Waals surface area (Å²) < 4.78 is 26.8. The molecule has 4 rings (SSSR count). The molecule has 1 atom stereocenters. The van der Waals surface area contributed by atoms with E-state index in [1.165, 1.54) is 23.1 Å². The van der Waals surface area contributed by atoms with Gasteiger partial charge in [-0.25, -0.2) is 8.42 Å². The summed E-state index contributed by atoms with van der Waals surface area (Å²) in [6.07, 6.45) is 5.07. The molecule has 0 saturated heterocycles. The number of rotatable bonds is 11. The number of anilines is 1. The Morgan fingerprint density at radius 2 is 1.51 bits per heavy atom. The maximum Gasteiger partial charge on any atom is 0.244 e. The van der Waals surface area contributed by atoms with Crippen molar-refractivity contribution in [1.29, 1.82) is 0 Å². The van der Waals surface area contributed by atoms with E-state index in [0.717, 1.165) is 41.8 Å². The van der Waals surface area contributed by atoms with Crippen molar-refractivity contribution in [2.24, 2.45) is 0 Å². The van der Waals surface area contributed by atoms with E-state index in [2.05, 4.69) is 5.32 Å². The zero-order valence-corrected chi connectivity index (χ0v) is 25.7. The molecule has 0 bridgehead atoms. The fourth-order valence-electron chi connectivity index (χ4n) is 5.05. The SMILES string of the molecule is CS(=O)(=O)N(CC(=O)N(Cc1cccc(Cl)c1)[C@@H](Cc1ccccc1)C(=O)NC1CCCC1)c1cc(Cl)cc(Cl)c1. The summed E-state index contributed by atoms with van der Waals surface area (Å²) >= 11 is 18.6. The van der Waals surface area contributed by atoms with Crippen LogP contribution in [-0.4, -0.2) is 50.0 Å². The summed E-state index contributed by atoms with van der Waals surface area (Å²) in [5, 5.41) is 4.07. The van der Waals surface area contributed by atoms with Crippen molar-refractivity contribution in [1.82, 2.24) is 10.2 Å². The van der Waals surface area contributed by atoms with Gasteiger partial charge in [0.05, 0.1) is 11.9 Å². The highest BCUT2D eigenvalue weighted by molar-refractivity contribution is 7.92. The molecule has 0 unspecified atom stereocenters. The lowest BCUT2D eigenvalue weighted by molar-refractivity contribution is -0.140. The van der Waals surface area contributed by atoms with Gasteiger partial charge in [-0.05, 0) is 54.3 Å². The van der Waals surface area contributed by atoms with Crippen LogP contribution < -0.4 is 9.62 Å². The molecule has 0 radical (unpaired) electrons. The number of nitrogens with zero attached hydrogens (tertiary/aromatic N) is 2. The van der Waals surface area contributed by atoms with Crippen molar-refractivity contribution in [2.45, 2.75) is 50.7 Å². The van der Waals surface area contributed by atoms with Gasteiger partial charge in [0.25, 0.3) is 0 Å². The van der Waals surface area contributed by atoms with Gasteiger partial charge in [-0.1, -0.05) is 90.1 Å². The van der Waals surface area contributed by atoms with Gasteiger partial charge in [0.1, 0.15) is 12.6 Å². The summed E-state index contributed by atoms with van der Waals surface area (Å²) in [7, 11) is -3.94. The van der Waals surface area contributed by atoms with Crippen molar-refractivity contribution < 1.29 is 18.0 Å². The third-order valence-corrected chi connectivity index (χ3v) is 8.84. The molecular formula is C30H32Cl3N3O4S. The summed E-state index contributed by atoms with van der Waals surface area (Å²) in [5.74, 6) is -0.846. The van der Waals surface area contributed by atoms with Gasteiger partial charge in [-0.3, -0.25) is 13.9 Å². The normalized spacial score (nSPS) is 14.4. The number of nitrogens with one attached hydrogen (secondary N) is 1. The molecule has 218 valence electrons. The second kappa shape index (κ2) is 13.9. The molecule has 7 nitrogen and oxygen atoms in total. The Morgan fingerprint density at radius 1 is 0.878 bits per heavy atom. The first-order valence-electron chi connectivity index (χ1n) is 13.3. The number of hydrogen-bond acceptors (Lipinski definition) is 4. The van der Waals surface area contributed by atoms with E-state index in [-0.39, 0.29) is 40.6 Å². The van der Waals surface area contributed by atoms with Crippen LogP contribution in [0.3, 0.4) is 0 Å². The lowest BCUT2D eigenvalue weighted by Gasteiger charge is -2.34. The smallest absolute Gasteiger partial charge is 0.244 e. The maximum atomic E-state index is 14.1. The summed E-state index contributed by atoms with van der Waals surface area (Å²) in [6, 6.07) is 19.9. The van der Waals surface area contributed by atoms with Crippen LogP contribution in [-0.2, 0) is 32.6 Å². The number of sulfonamides is 1. The second-order valence-electron chi connectivity index (χ2n) is 10.2. The monoisotopic (exact) mass is 635 g/mol. The molecule has 2 amide bonds. The minimum Gasteiger partial charge on any atom is -0.352 e. The first-order chi connectivity index (χ1) is 19.5. The highest BCUT2D eigenvalue weighted by Crippen LogP contribution is 2.28. The first kappa shape index (κ1) is 31.2. The van der Waals surface area contributed by atoms with E-state index in [1.807, 2.05) is 36.4 Å². The number of carbonyl (C=O) groups is 2. The molecule has 0 spiro atoms. The molecule has 1 fully saturated rings. The molecule has 3 aromatic rings. The second-order valence-corrected chi connectivity index (χ2v) is 13.5. The third-order valence-electron chi connectivity index (χ3n) is 7.03. The molecule has 3 aromatic carbocycles. The van der Waals surface area contributed by atoms with Crippen molar-refractivity contribution >= 4 is 62.3 Å². The molecule has 1 aliphatic carbocycles. The zero-order chi connectivity index (χ0) is 29.6. The lowest BCUT2D eigenvalue weighted by atomic mass is 10.0. The van der Waals surface area contributed by atoms with Crippen LogP contribution in [0.25, 0.3) is 0 Å². The van der Waals surface area contributed by atoms with Gasteiger partial charge >= 0.3 is 0 Å². The number of carbonyl (C=O) groups excluding carboxylic acids is 2. The van der Waals surface area contributed by atoms with E-state index < -0.39 is 28.5 Å². The molecule has 0 aliphatic heterocycles. The van der Waals surface area contributed by atoms with Gasteiger partial charge in [-0.15, -0.1) is 0 Å². The van der Waals surface area contributed by atoms with Crippen molar-refractivity contribution in [3.8, 4) is 0 Å². The van der Waals surface area contributed by atoms with E-state index in [1.54, 1.807) is 18.2 Å². The molecule has 1 aliphatic rings. The number of hydrogen-bond donors (Lipinski definition) is 1. The standard InChI is InChI=1S/C30H32Cl3N3O4S/c1-41(39,40)36(27-17-24(32)16-25(33)18-27)20-29(37)35(19-22-10-7-11-23(31)14-22)28(15-21-8-3-2-4-9-21)30(38)34-26-12-5-6-13-26/h2-4,7-11,14,16-18,26,28H,5-6,12-13,15,19-20H2,1H3,(H,34,38)/t28-/m0/s1. The molecule has 1 N–H and O–H groups in total. The summed E-state index contributed by atoms with van der Waals surface area (Å²) in [5.41, 5.74) is 1.72. The minimum absolute atomic E-state index is 0.0324. The Hall–Kier alpha value is -2.78. The Balaban J connectivity index is 1.74. The van der Waals surface area contributed by atoms with Gasteiger partial charge < -0.3 is 10.2 Å². The van der Waals surface area contributed by atoms with Crippen LogP contribution in [0, 0.1) is 0 Å². The van der Waals surface area contributed by atoms with Crippen LogP contribution in [0.4, 0.5) is 5.69 Å². The average molecular weight is 637 g/mol. The van der Waals surface area contributed by atoms with Crippen LogP contribution in [0.1, 0.15) is 36.8 Å². The number of amides is 2. The summed E-state index contributed by atoms with van der Waals surface area (Å²) in [6.45, 7) is -0.513. The topological polar surface area (TPSA) is 86.8 Å². The lowest BCUT2D eigenvalue weighted by Crippen LogP contribution is -2.54. The van der Waals surface area contributed by atoms with Gasteiger partial charge in [-0.2, -0.15) is 0 Å². The predicted octanol–water partition coefficient (Wildman–Crippen LogP) is 6.11. The molecule has 0 heterocycles. The van der Waals surface area contributed by atoms with Crippen molar-refractivity contribution in [3.05, 3.63) is 99.0 Å². The fraction of sp³-hybridized carbons (Fsp3) is 0.333. The van der Waals surface area contributed by atoms with E-state index in [0.29, 0.717) is 10.6 Å². The predicted molar refractivity (Wildman–Crippen MR) is 165 cm³/mol. The fourth-order valence-corrected chi connectivity index (χ4v) is 6.61. The molecule has 41 heavy (non-hydrogen) atoms. The maximum absolute atomic E-state index is 14.1. The zero-order valence-electron chi connectivity index (χ0n) is 22.6. The van der Waals surface area contributed by atoms with Crippen LogP contribution >= 0.6 is 34.8 Å². The Morgan fingerprint density at radius 3 is 2.12 bits per heavy atom. The Kier molecular flexibility index (Phi) is 10.6. The van der Waals surface area contributed by atoms with Gasteiger partial charge in [0.15, 0.2) is 0 Å². The highest BCUT2D eigenvalue weighted by atomic mass is 35.5. The van der Waals surface area contributed by atoms with E-state index in [9.17, 15) is 18.0 Å². The molecular weight excluding hydrogens is 605 g/mol. The van der Waals surface area contributed by atoms with Gasteiger partial charge in [0, 0.05) is 34.1 Å². The van der Waals surface area contributed by atoms with Crippen LogP contribution in [0.5, 0.6) is 0 Å². The summed E-state index contributed by atoms with van der Waals surface area (Å²) in [4.78, 5) is 29.4. The molecule has 1 saturated carbocycles. The van der Waals surface area contributed by atoms with Crippen molar-refractivity contribution in [2.75, 3.05) is 17.1 Å². The van der Waals surface area contributed by atoms with E-state index in [4.69, 9.17) is 34.8 Å². The Bertz CT molecular complexity index is 1460. The van der Waals surface area contributed by atoms with Gasteiger partial charge in [0.2, 0.25) is 21.8 Å². The largest absolute Gasteiger partial charge is 0.352 e. The molecule has 0 aromatic heterocycles. The average Bonchev–Trinajstić information content (AvgIpc) is 3.41. The van der Waals surface area contributed by atoms with E-state index >= 15 is 0 Å². The Labute approximate surface area is 256 Å². The van der Waals surface area contributed by atoms with Crippen molar-refractivity contribution in [3.63, 3.8) is 0 Å².